The number of fused-ring (bicyclic) bond motifs is 1. The first-order valence-electron chi connectivity index (χ1n) is 10.1. The summed E-state index contributed by atoms with van der Waals surface area (Å²) in [6.07, 6.45) is 2.57. The maximum Gasteiger partial charge on any atom is 0.272 e. The van der Waals surface area contributed by atoms with E-state index in [2.05, 4.69) is 21.6 Å². The van der Waals surface area contributed by atoms with Crippen molar-refractivity contribution in [2.24, 2.45) is 0 Å². The molecule has 0 radical (unpaired) electrons. The Morgan fingerprint density at radius 2 is 2.03 bits per heavy atom. The summed E-state index contributed by atoms with van der Waals surface area (Å²) >= 11 is 1.73. The van der Waals surface area contributed by atoms with E-state index < -0.39 is 0 Å². The molecule has 0 saturated carbocycles. The van der Waals surface area contributed by atoms with E-state index in [0.29, 0.717) is 36.9 Å². The monoisotopic (exact) mass is 425 g/mol. The second-order valence-electron chi connectivity index (χ2n) is 7.41. The summed E-state index contributed by atoms with van der Waals surface area (Å²) < 4.78 is 16.3. The van der Waals surface area contributed by atoms with Gasteiger partial charge in [0.2, 0.25) is 6.79 Å². The van der Waals surface area contributed by atoms with Crippen molar-refractivity contribution in [3.63, 3.8) is 0 Å². The maximum absolute atomic E-state index is 13.4. The number of aromatic nitrogens is 2. The molecule has 2 aliphatic heterocycles. The van der Waals surface area contributed by atoms with Crippen LogP contribution in [0.4, 0.5) is 0 Å². The van der Waals surface area contributed by atoms with Gasteiger partial charge in [0, 0.05) is 36.2 Å². The Morgan fingerprint density at radius 1 is 1.17 bits per heavy atom. The largest absolute Gasteiger partial charge is 0.454 e. The van der Waals surface area contributed by atoms with Crippen LogP contribution >= 0.6 is 11.3 Å². The predicted octanol–water partition coefficient (Wildman–Crippen LogP) is 3.73. The van der Waals surface area contributed by atoms with Crippen LogP contribution in [0.15, 0.2) is 41.8 Å². The van der Waals surface area contributed by atoms with Gasteiger partial charge < -0.3 is 19.1 Å². The number of carbonyl (C=O) groups excluding carboxylic acids is 1. The van der Waals surface area contributed by atoms with Crippen molar-refractivity contribution in [2.75, 3.05) is 26.6 Å². The fraction of sp³-hybridized carbons (Fsp3) is 0.364. The molecular formula is C22H23N3O4S. The number of hydrogen-bond acceptors (Lipinski definition) is 6. The molecule has 0 aliphatic carbocycles. The van der Waals surface area contributed by atoms with Crippen molar-refractivity contribution in [3.8, 4) is 22.8 Å². The van der Waals surface area contributed by atoms with Crippen LogP contribution in [0.2, 0.25) is 0 Å². The Hall–Kier alpha value is -2.84. The summed E-state index contributed by atoms with van der Waals surface area (Å²) in [5, 5.41) is 9.39. The molecule has 1 N–H and O–H groups in total. The van der Waals surface area contributed by atoms with Crippen LogP contribution in [-0.4, -0.2) is 53.6 Å². The molecule has 1 amide bonds. The van der Waals surface area contributed by atoms with Crippen LogP contribution in [0.3, 0.4) is 0 Å². The first kappa shape index (κ1) is 19.1. The van der Waals surface area contributed by atoms with Gasteiger partial charge in [-0.25, -0.2) is 0 Å². The highest BCUT2D eigenvalue weighted by atomic mass is 32.1. The number of amides is 1. The fourth-order valence-corrected chi connectivity index (χ4v) is 4.62. The summed E-state index contributed by atoms with van der Waals surface area (Å²) in [7, 11) is 0. The normalized spacial score (nSPS) is 16.0. The summed E-state index contributed by atoms with van der Waals surface area (Å²) in [6.45, 7) is 2.30. The number of aromatic amines is 1. The number of ether oxygens (including phenoxy) is 3. The lowest BCUT2D eigenvalue weighted by molar-refractivity contribution is 0.0290. The average molecular weight is 426 g/mol. The van der Waals surface area contributed by atoms with Gasteiger partial charge >= 0.3 is 0 Å². The van der Waals surface area contributed by atoms with Crippen LogP contribution in [0.25, 0.3) is 11.3 Å². The third kappa shape index (κ3) is 3.93. The lowest BCUT2D eigenvalue weighted by Crippen LogP contribution is -2.44. The highest BCUT2D eigenvalue weighted by molar-refractivity contribution is 7.09. The number of thiophene rings is 1. The quantitative estimate of drug-likeness (QED) is 0.651. The third-order valence-corrected chi connectivity index (χ3v) is 6.48. The van der Waals surface area contributed by atoms with Gasteiger partial charge in [0.05, 0.1) is 5.69 Å². The second-order valence-corrected chi connectivity index (χ2v) is 8.44. The zero-order valence-corrected chi connectivity index (χ0v) is 17.3. The maximum atomic E-state index is 13.4. The molecule has 1 saturated heterocycles. The summed E-state index contributed by atoms with van der Waals surface area (Å²) in [5.74, 6) is 1.41. The molecule has 0 spiro atoms. The lowest BCUT2D eigenvalue weighted by atomic mass is 10.1. The van der Waals surface area contributed by atoms with Crippen molar-refractivity contribution < 1.29 is 19.0 Å². The molecule has 30 heavy (non-hydrogen) atoms. The van der Waals surface area contributed by atoms with Gasteiger partial charge in [-0.15, -0.1) is 11.3 Å². The number of rotatable bonds is 6. The minimum absolute atomic E-state index is 0.0158. The number of nitrogens with zero attached hydrogens (tertiary/aromatic N) is 2. The van der Waals surface area contributed by atoms with Crippen LogP contribution in [0, 0.1) is 0 Å². The van der Waals surface area contributed by atoms with Crippen LogP contribution in [0.5, 0.6) is 11.5 Å². The van der Waals surface area contributed by atoms with Crippen LogP contribution in [-0.2, 0) is 11.2 Å². The number of nitrogens with one attached hydrogen (secondary N) is 1. The van der Waals surface area contributed by atoms with Crippen molar-refractivity contribution in [3.05, 3.63) is 52.3 Å². The van der Waals surface area contributed by atoms with E-state index in [4.69, 9.17) is 14.2 Å². The lowest BCUT2D eigenvalue weighted by Gasteiger charge is -2.34. The van der Waals surface area contributed by atoms with Gasteiger partial charge in [-0.2, -0.15) is 5.10 Å². The molecule has 4 heterocycles. The van der Waals surface area contributed by atoms with Gasteiger partial charge in [-0.1, -0.05) is 6.07 Å². The minimum Gasteiger partial charge on any atom is -0.454 e. The standard InChI is InChI=1S/C22H23N3O4S/c26-22(25(16-6-9-27-10-7-16)8-5-17-2-1-11-30-17)19-13-18(23-24-19)15-3-4-20-21(12-15)29-14-28-20/h1-4,11-13,16H,5-10,14H2,(H,23,24). The molecule has 3 aromatic rings. The van der Waals surface area contributed by atoms with Gasteiger partial charge in [-0.05, 0) is 55.0 Å². The molecule has 2 aromatic heterocycles. The van der Waals surface area contributed by atoms with E-state index in [1.165, 1.54) is 4.88 Å². The number of benzene rings is 1. The van der Waals surface area contributed by atoms with E-state index >= 15 is 0 Å². The molecule has 2 aliphatic rings. The molecular weight excluding hydrogens is 402 g/mol. The van der Waals surface area contributed by atoms with E-state index in [1.807, 2.05) is 35.2 Å². The molecule has 7 nitrogen and oxygen atoms in total. The second kappa shape index (κ2) is 8.49. The molecule has 0 bridgehead atoms. The molecule has 5 rings (SSSR count). The Morgan fingerprint density at radius 3 is 2.87 bits per heavy atom. The third-order valence-electron chi connectivity index (χ3n) is 5.55. The molecule has 156 valence electrons. The van der Waals surface area contributed by atoms with Crippen LogP contribution < -0.4 is 9.47 Å². The predicted molar refractivity (Wildman–Crippen MR) is 113 cm³/mol. The highest BCUT2D eigenvalue weighted by Gasteiger charge is 2.28. The van der Waals surface area contributed by atoms with Gasteiger partial charge in [-0.3, -0.25) is 9.89 Å². The zero-order valence-electron chi connectivity index (χ0n) is 16.5. The first-order chi connectivity index (χ1) is 14.8. The Balaban J connectivity index is 1.36. The van der Waals surface area contributed by atoms with Crippen molar-refractivity contribution in [2.45, 2.75) is 25.3 Å². The summed E-state index contributed by atoms with van der Waals surface area (Å²) in [6, 6.07) is 11.8. The number of hydrogen-bond donors (Lipinski definition) is 1. The smallest absolute Gasteiger partial charge is 0.272 e. The molecule has 8 heteroatoms. The topological polar surface area (TPSA) is 76.7 Å². The molecule has 1 aromatic carbocycles. The van der Waals surface area contributed by atoms with Crippen LogP contribution in [0.1, 0.15) is 28.2 Å². The van der Waals surface area contributed by atoms with E-state index in [-0.39, 0.29) is 18.7 Å². The Bertz CT molecular complexity index is 1010. The fourth-order valence-electron chi connectivity index (χ4n) is 3.92. The Labute approximate surface area is 178 Å². The average Bonchev–Trinajstić information content (AvgIpc) is 3.55. The first-order valence-corrected chi connectivity index (χ1v) is 11.0. The summed E-state index contributed by atoms with van der Waals surface area (Å²) in [4.78, 5) is 16.7. The summed E-state index contributed by atoms with van der Waals surface area (Å²) in [5.41, 5.74) is 2.09. The molecule has 0 unspecified atom stereocenters. The number of carbonyl (C=O) groups is 1. The van der Waals surface area contributed by atoms with E-state index in [0.717, 1.165) is 30.6 Å². The highest BCUT2D eigenvalue weighted by Crippen LogP contribution is 2.35. The van der Waals surface area contributed by atoms with Gasteiger partial charge in [0.15, 0.2) is 11.5 Å². The van der Waals surface area contributed by atoms with Crippen molar-refractivity contribution in [1.82, 2.24) is 15.1 Å². The van der Waals surface area contributed by atoms with Gasteiger partial charge in [0.25, 0.3) is 5.91 Å². The SMILES string of the molecule is O=C(c1cc(-c2ccc3c(c2)OCO3)n[nH]1)N(CCc1cccs1)C1CCOCC1. The van der Waals surface area contributed by atoms with Crippen molar-refractivity contribution >= 4 is 17.2 Å². The number of H-pyrrole nitrogens is 1. The zero-order chi connectivity index (χ0) is 20.3. The molecule has 1 fully saturated rings. The molecule has 0 atom stereocenters. The van der Waals surface area contributed by atoms with E-state index in [1.54, 1.807) is 11.3 Å². The van der Waals surface area contributed by atoms with Gasteiger partial charge in [0.1, 0.15) is 5.69 Å². The minimum atomic E-state index is -0.0158. The Kier molecular flexibility index (Phi) is 5.42. The van der Waals surface area contributed by atoms with E-state index in [9.17, 15) is 4.79 Å². The van der Waals surface area contributed by atoms with Crippen molar-refractivity contribution in [1.29, 1.82) is 0 Å².